The highest BCUT2D eigenvalue weighted by Crippen LogP contribution is 2.50. The van der Waals surface area contributed by atoms with Gasteiger partial charge in [-0.25, -0.2) is 13.6 Å². The van der Waals surface area contributed by atoms with E-state index < -0.39 is 17.2 Å². The number of benzene rings is 2. The fraction of sp³-hybridized carbons (Fsp3) is 0.500. The van der Waals surface area contributed by atoms with Crippen LogP contribution in [-0.4, -0.2) is 42.3 Å². The minimum absolute atomic E-state index is 0.0330. The summed E-state index contributed by atoms with van der Waals surface area (Å²) in [6, 6.07) is 8.26. The van der Waals surface area contributed by atoms with Gasteiger partial charge in [-0.1, -0.05) is 6.07 Å². The largest absolute Gasteiger partial charge is 0.444 e. The van der Waals surface area contributed by atoms with Gasteiger partial charge in [0.1, 0.15) is 17.2 Å². The van der Waals surface area contributed by atoms with Crippen molar-refractivity contribution in [1.82, 2.24) is 4.90 Å². The van der Waals surface area contributed by atoms with Crippen molar-refractivity contribution in [3.63, 3.8) is 0 Å². The van der Waals surface area contributed by atoms with Crippen LogP contribution in [0.25, 0.3) is 11.1 Å². The van der Waals surface area contributed by atoms with Crippen molar-refractivity contribution in [3.8, 4) is 11.1 Å². The third kappa shape index (κ3) is 3.63. The second-order valence-electron chi connectivity index (χ2n) is 10.2. The minimum Gasteiger partial charge on any atom is -0.444 e. The summed E-state index contributed by atoms with van der Waals surface area (Å²) in [7, 11) is 0. The predicted molar refractivity (Wildman–Crippen MR) is 121 cm³/mol. The molecular weight excluding hydrogens is 410 g/mol. The van der Waals surface area contributed by atoms with E-state index in [1.54, 1.807) is 4.90 Å². The van der Waals surface area contributed by atoms with Gasteiger partial charge >= 0.3 is 6.09 Å². The maximum Gasteiger partial charge on any atom is 0.410 e. The van der Waals surface area contributed by atoms with Gasteiger partial charge in [0.15, 0.2) is 0 Å². The summed E-state index contributed by atoms with van der Waals surface area (Å²) in [5.74, 6) is -0.981. The number of nitrogens with zero attached hydrogens (tertiary/aromatic N) is 2. The number of piperidine rings is 1. The molecule has 0 spiro atoms. The van der Waals surface area contributed by atoms with Crippen LogP contribution in [0.3, 0.4) is 0 Å². The Morgan fingerprint density at radius 3 is 2.56 bits per heavy atom. The first-order chi connectivity index (χ1) is 15.2. The summed E-state index contributed by atoms with van der Waals surface area (Å²) >= 11 is 0. The highest BCUT2D eigenvalue weighted by atomic mass is 19.1. The lowest BCUT2D eigenvalue weighted by molar-refractivity contribution is 0.0189. The number of ether oxygens (including phenoxy) is 1. The maximum absolute atomic E-state index is 14.6. The molecule has 2 unspecified atom stereocenters. The SMILES string of the molecule is CC(C)(C)OC(=O)N1CCC2C(C1)c1cc(-c3c(F)cccc3F)cc3c1N2CCCC3. The van der Waals surface area contributed by atoms with E-state index in [1.807, 2.05) is 32.9 Å². The molecule has 5 rings (SSSR count). The Bertz CT molecular complexity index is 1040. The first-order valence-corrected chi connectivity index (χ1v) is 11.6. The van der Waals surface area contributed by atoms with Crippen molar-refractivity contribution in [2.24, 2.45) is 0 Å². The molecule has 0 aliphatic carbocycles. The molecule has 170 valence electrons. The van der Waals surface area contributed by atoms with Crippen LogP contribution < -0.4 is 4.90 Å². The third-order valence-electron chi connectivity index (χ3n) is 6.88. The highest BCUT2D eigenvalue weighted by Gasteiger charge is 2.45. The smallest absolute Gasteiger partial charge is 0.410 e. The van der Waals surface area contributed by atoms with Gasteiger partial charge in [-0.05, 0) is 87.4 Å². The molecule has 3 heterocycles. The summed E-state index contributed by atoms with van der Waals surface area (Å²) in [5, 5.41) is 0. The summed E-state index contributed by atoms with van der Waals surface area (Å²) in [5.41, 5.74) is 3.58. The standard InChI is InChI=1S/C26H30F2N2O2/c1-26(2,3)32-25(31)29-12-10-22-19(15-29)18-14-17(23-20(27)8-6-9-21(23)28)13-16-7-4-5-11-30(22)24(16)18/h6,8-9,13-14,19,22H,4-5,7,10-12,15H2,1-3H3. The zero-order valence-electron chi connectivity index (χ0n) is 19.0. The Morgan fingerprint density at radius 1 is 1.09 bits per heavy atom. The van der Waals surface area contributed by atoms with Gasteiger partial charge in [-0.3, -0.25) is 0 Å². The van der Waals surface area contributed by atoms with Gasteiger partial charge in [0.2, 0.25) is 0 Å². The average Bonchev–Trinajstić information content (AvgIpc) is 2.87. The topological polar surface area (TPSA) is 32.8 Å². The van der Waals surface area contributed by atoms with Crippen molar-refractivity contribution in [1.29, 1.82) is 0 Å². The summed E-state index contributed by atoms with van der Waals surface area (Å²) in [4.78, 5) is 17.1. The number of halogens is 2. The maximum atomic E-state index is 14.6. The molecule has 1 saturated heterocycles. The third-order valence-corrected chi connectivity index (χ3v) is 6.88. The zero-order chi connectivity index (χ0) is 22.6. The fourth-order valence-corrected chi connectivity index (χ4v) is 5.61. The van der Waals surface area contributed by atoms with E-state index >= 15 is 0 Å². The van der Waals surface area contributed by atoms with E-state index in [-0.39, 0.29) is 17.6 Å². The molecule has 0 N–H and O–H groups in total. The van der Waals surface area contributed by atoms with Crippen molar-refractivity contribution >= 4 is 11.8 Å². The molecule has 2 aromatic rings. The number of hydrogen-bond acceptors (Lipinski definition) is 3. The summed E-state index contributed by atoms with van der Waals surface area (Å²) in [6.45, 7) is 7.82. The van der Waals surface area contributed by atoms with E-state index in [9.17, 15) is 13.6 Å². The minimum atomic E-state index is -0.545. The van der Waals surface area contributed by atoms with Crippen molar-refractivity contribution in [3.05, 3.63) is 53.1 Å². The molecule has 0 saturated carbocycles. The van der Waals surface area contributed by atoms with E-state index in [0.717, 1.165) is 43.4 Å². The van der Waals surface area contributed by atoms with Gasteiger partial charge in [-0.2, -0.15) is 0 Å². The van der Waals surface area contributed by atoms with Crippen LogP contribution >= 0.6 is 0 Å². The van der Waals surface area contributed by atoms with Gasteiger partial charge in [-0.15, -0.1) is 0 Å². The number of fused-ring (bicyclic) bond motifs is 3. The number of aryl methyl sites for hydroxylation is 1. The van der Waals surface area contributed by atoms with Crippen LogP contribution in [0.4, 0.5) is 19.3 Å². The van der Waals surface area contributed by atoms with Crippen molar-refractivity contribution in [2.45, 2.75) is 64.0 Å². The quantitative estimate of drug-likeness (QED) is 0.555. The number of likely N-dealkylation sites (tertiary alicyclic amines) is 1. The normalized spacial score (nSPS) is 22.3. The van der Waals surface area contributed by atoms with E-state index in [4.69, 9.17) is 4.74 Å². The number of carbonyl (C=O) groups is 1. The van der Waals surface area contributed by atoms with Crippen molar-refractivity contribution < 1.29 is 18.3 Å². The van der Waals surface area contributed by atoms with Crippen LogP contribution in [0.15, 0.2) is 30.3 Å². The Balaban J connectivity index is 1.57. The monoisotopic (exact) mass is 440 g/mol. The molecule has 0 bridgehead atoms. The lowest BCUT2D eigenvalue weighted by atomic mass is 9.86. The molecule has 0 aromatic heterocycles. The number of hydrogen-bond donors (Lipinski definition) is 0. The molecule has 1 amide bonds. The lowest BCUT2D eigenvalue weighted by Crippen LogP contribution is -2.49. The van der Waals surface area contributed by atoms with E-state index in [2.05, 4.69) is 4.90 Å². The van der Waals surface area contributed by atoms with Crippen LogP contribution in [0.1, 0.15) is 57.1 Å². The number of carbonyl (C=O) groups excluding carboxylic acids is 1. The van der Waals surface area contributed by atoms with Gasteiger partial charge in [0.05, 0.1) is 5.56 Å². The summed E-state index contributed by atoms with van der Waals surface area (Å²) in [6.07, 6.45) is 3.63. The number of anilines is 1. The van der Waals surface area contributed by atoms with Gasteiger partial charge < -0.3 is 14.5 Å². The van der Waals surface area contributed by atoms with Crippen LogP contribution in [0.5, 0.6) is 0 Å². The van der Waals surface area contributed by atoms with Crippen LogP contribution in [0, 0.1) is 11.6 Å². The Morgan fingerprint density at radius 2 is 1.84 bits per heavy atom. The molecule has 2 atom stereocenters. The van der Waals surface area contributed by atoms with Gasteiger partial charge in [0, 0.05) is 37.3 Å². The predicted octanol–water partition coefficient (Wildman–Crippen LogP) is 5.88. The summed E-state index contributed by atoms with van der Waals surface area (Å²) < 4.78 is 34.9. The van der Waals surface area contributed by atoms with Crippen molar-refractivity contribution in [2.75, 3.05) is 24.5 Å². The molecule has 3 aliphatic rings. The number of rotatable bonds is 1. The lowest BCUT2D eigenvalue weighted by Gasteiger charge is -2.39. The molecule has 1 fully saturated rings. The molecule has 32 heavy (non-hydrogen) atoms. The second-order valence-corrected chi connectivity index (χ2v) is 10.2. The highest BCUT2D eigenvalue weighted by molar-refractivity contribution is 5.77. The molecule has 3 aliphatic heterocycles. The molecule has 2 aromatic carbocycles. The van der Waals surface area contributed by atoms with E-state index in [0.29, 0.717) is 24.7 Å². The molecule has 6 heteroatoms. The molecular formula is C26H30F2N2O2. The first kappa shape index (κ1) is 21.2. The first-order valence-electron chi connectivity index (χ1n) is 11.6. The molecule has 4 nitrogen and oxygen atoms in total. The average molecular weight is 441 g/mol. The fourth-order valence-electron chi connectivity index (χ4n) is 5.61. The Labute approximate surface area is 188 Å². The molecule has 0 radical (unpaired) electrons. The zero-order valence-corrected chi connectivity index (χ0v) is 19.0. The Hall–Kier alpha value is -2.63. The van der Waals surface area contributed by atoms with Crippen LogP contribution in [0.2, 0.25) is 0 Å². The van der Waals surface area contributed by atoms with E-state index in [1.165, 1.54) is 23.9 Å². The number of amides is 1. The Kier molecular flexibility index (Phi) is 5.14. The second kappa shape index (κ2) is 7.75. The van der Waals surface area contributed by atoms with Gasteiger partial charge in [0.25, 0.3) is 0 Å². The van der Waals surface area contributed by atoms with Crippen LogP contribution in [-0.2, 0) is 11.2 Å².